The molecule has 0 radical (unpaired) electrons. The van der Waals surface area contributed by atoms with Crippen LogP contribution in [0.15, 0.2) is 53.9 Å². The Kier molecular flexibility index (Phi) is 4.95. The van der Waals surface area contributed by atoms with Gasteiger partial charge >= 0.3 is 5.97 Å². The van der Waals surface area contributed by atoms with Crippen LogP contribution in [0.5, 0.6) is 0 Å². The normalized spacial score (nSPS) is 12.2. The molecule has 0 amide bonds. The van der Waals surface area contributed by atoms with Crippen molar-refractivity contribution in [2.75, 3.05) is 5.75 Å². The van der Waals surface area contributed by atoms with Crippen LogP contribution in [0.1, 0.15) is 24.4 Å². The molecule has 1 atom stereocenters. The van der Waals surface area contributed by atoms with Crippen molar-refractivity contribution in [3.63, 3.8) is 0 Å². The molecule has 0 saturated carbocycles. The molecule has 7 nitrogen and oxygen atoms in total. The number of nitrogens with zero attached hydrogens (tertiary/aromatic N) is 5. The first-order valence-electron chi connectivity index (χ1n) is 7.46. The highest BCUT2D eigenvalue weighted by atomic mass is 32.2. The summed E-state index contributed by atoms with van der Waals surface area (Å²) in [5.74, 6) is -0.194. The third-order valence-corrected chi connectivity index (χ3v) is 4.52. The summed E-state index contributed by atoms with van der Waals surface area (Å²) < 4.78 is 3.74. The molecule has 0 aliphatic heterocycles. The maximum absolute atomic E-state index is 10.9. The highest BCUT2D eigenvalue weighted by molar-refractivity contribution is 7.99. The lowest BCUT2D eigenvalue weighted by Crippen LogP contribution is -2.15. The van der Waals surface area contributed by atoms with Crippen LogP contribution in [0, 0.1) is 0 Å². The van der Waals surface area contributed by atoms with Gasteiger partial charge in [0.15, 0.2) is 11.0 Å². The highest BCUT2D eigenvalue weighted by Crippen LogP contribution is 2.26. The molecule has 24 heavy (non-hydrogen) atoms. The number of hydrogen-bond acceptors (Lipinski definition) is 5. The molecule has 0 saturated heterocycles. The Morgan fingerprint density at radius 3 is 2.71 bits per heavy atom. The first-order chi connectivity index (χ1) is 11.6. The molecule has 1 N–H and O–H groups in total. The molecule has 2 heterocycles. The minimum absolute atomic E-state index is 0.0111. The molecule has 8 heteroatoms. The second-order valence-electron chi connectivity index (χ2n) is 5.24. The average Bonchev–Trinajstić information content (AvgIpc) is 3.23. The van der Waals surface area contributed by atoms with Crippen LogP contribution in [0.2, 0.25) is 0 Å². The van der Waals surface area contributed by atoms with E-state index < -0.39 is 5.97 Å². The molecule has 2 aromatic heterocycles. The van der Waals surface area contributed by atoms with Gasteiger partial charge in [-0.1, -0.05) is 42.1 Å². The number of carboxylic acids is 1. The van der Waals surface area contributed by atoms with E-state index in [0.717, 1.165) is 11.4 Å². The number of carbonyl (C=O) groups is 1. The van der Waals surface area contributed by atoms with Gasteiger partial charge in [-0.2, -0.15) is 5.10 Å². The van der Waals surface area contributed by atoms with Gasteiger partial charge in [0.25, 0.3) is 0 Å². The third-order valence-electron chi connectivity index (χ3n) is 3.59. The van der Waals surface area contributed by atoms with Crippen LogP contribution in [-0.2, 0) is 11.3 Å². The topological polar surface area (TPSA) is 85.8 Å². The maximum Gasteiger partial charge on any atom is 0.313 e. The largest absolute Gasteiger partial charge is 0.481 e. The van der Waals surface area contributed by atoms with Crippen LogP contribution >= 0.6 is 11.8 Å². The fourth-order valence-electron chi connectivity index (χ4n) is 2.45. The Hall–Kier alpha value is -2.61. The van der Waals surface area contributed by atoms with Gasteiger partial charge in [0.2, 0.25) is 0 Å². The van der Waals surface area contributed by atoms with Gasteiger partial charge in [0, 0.05) is 12.4 Å². The van der Waals surface area contributed by atoms with Crippen molar-refractivity contribution in [1.29, 1.82) is 0 Å². The predicted octanol–water partition coefficient (Wildman–Crippen LogP) is 2.31. The Bertz CT molecular complexity index is 801. The Balaban J connectivity index is 1.95. The number of carboxylic acid groups (broad SMARTS) is 1. The average molecular weight is 343 g/mol. The van der Waals surface area contributed by atoms with E-state index in [0.29, 0.717) is 11.7 Å². The molecule has 0 aliphatic carbocycles. The zero-order valence-electron chi connectivity index (χ0n) is 13.1. The van der Waals surface area contributed by atoms with Gasteiger partial charge in [0.05, 0.1) is 11.8 Å². The molecular weight excluding hydrogens is 326 g/mol. The number of hydrogen-bond donors (Lipinski definition) is 1. The van der Waals surface area contributed by atoms with E-state index in [1.54, 1.807) is 10.9 Å². The molecular formula is C16H17N5O2S. The van der Waals surface area contributed by atoms with Crippen LogP contribution in [0.25, 0.3) is 0 Å². The van der Waals surface area contributed by atoms with E-state index in [9.17, 15) is 4.79 Å². The van der Waals surface area contributed by atoms with E-state index in [-0.39, 0.29) is 11.8 Å². The third kappa shape index (κ3) is 3.65. The Morgan fingerprint density at radius 2 is 2.04 bits per heavy atom. The van der Waals surface area contributed by atoms with Gasteiger partial charge in [-0.25, -0.2) is 0 Å². The number of thioether (sulfide) groups is 1. The second-order valence-corrected chi connectivity index (χ2v) is 6.18. The smallest absolute Gasteiger partial charge is 0.313 e. The summed E-state index contributed by atoms with van der Waals surface area (Å²) in [5, 5.41) is 22.2. The van der Waals surface area contributed by atoms with Crippen molar-refractivity contribution >= 4 is 17.7 Å². The lowest BCUT2D eigenvalue weighted by Gasteiger charge is -2.18. The maximum atomic E-state index is 10.9. The summed E-state index contributed by atoms with van der Waals surface area (Å²) in [5.41, 5.74) is 1.11. The second kappa shape index (κ2) is 7.31. The fourth-order valence-corrected chi connectivity index (χ4v) is 3.20. The summed E-state index contributed by atoms with van der Waals surface area (Å²) in [6.45, 7) is 2.53. The van der Waals surface area contributed by atoms with Crippen LogP contribution in [0.3, 0.4) is 0 Å². The first-order valence-corrected chi connectivity index (χ1v) is 8.44. The van der Waals surface area contributed by atoms with Crippen molar-refractivity contribution in [3.05, 3.63) is 60.2 Å². The monoisotopic (exact) mass is 343 g/mol. The zero-order chi connectivity index (χ0) is 16.9. The number of aromatic nitrogens is 5. The van der Waals surface area contributed by atoms with Crippen LogP contribution in [-0.4, -0.2) is 41.4 Å². The highest BCUT2D eigenvalue weighted by Gasteiger charge is 2.20. The Morgan fingerprint density at radius 1 is 1.25 bits per heavy atom. The van der Waals surface area contributed by atoms with Crippen molar-refractivity contribution < 1.29 is 9.90 Å². The van der Waals surface area contributed by atoms with E-state index in [2.05, 4.69) is 22.2 Å². The van der Waals surface area contributed by atoms with Crippen molar-refractivity contribution in [3.8, 4) is 0 Å². The summed E-state index contributed by atoms with van der Waals surface area (Å²) in [6.07, 6.45) is 3.57. The summed E-state index contributed by atoms with van der Waals surface area (Å²) in [6, 6.07) is 11.8. The van der Waals surface area contributed by atoms with Gasteiger partial charge in [-0.05, 0) is 18.6 Å². The standard InChI is InChI=1S/C16H17N5O2S/c1-12(13-6-3-2-4-7-13)21-14(10-20-9-5-8-17-20)18-19-16(21)24-11-15(22)23/h2-9,12H,10-11H2,1H3,(H,22,23)/t12-/m0/s1. The SMILES string of the molecule is C[C@@H](c1ccccc1)n1c(Cn2cccn2)nnc1SCC(=O)O. The van der Waals surface area contributed by atoms with E-state index >= 15 is 0 Å². The van der Waals surface area contributed by atoms with Gasteiger partial charge in [-0.15, -0.1) is 10.2 Å². The van der Waals surface area contributed by atoms with Crippen molar-refractivity contribution in [2.45, 2.75) is 24.7 Å². The van der Waals surface area contributed by atoms with Crippen molar-refractivity contribution in [1.82, 2.24) is 24.5 Å². The Labute approximate surface area is 143 Å². The molecule has 0 aliphatic rings. The molecule has 0 bridgehead atoms. The predicted molar refractivity (Wildman–Crippen MR) is 90.0 cm³/mol. The van der Waals surface area contributed by atoms with Crippen molar-refractivity contribution in [2.24, 2.45) is 0 Å². The summed E-state index contributed by atoms with van der Waals surface area (Å²) in [4.78, 5) is 10.9. The molecule has 0 unspecified atom stereocenters. The van der Waals surface area contributed by atoms with Gasteiger partial charge in [0.1, 0.15) is 6.54 Å². The number of rotatable bonds is 7. The van der Waals surface area contributed by atoms with E-state index in [1.165, 1.54) is 11.8 Å². The minimum Gasteiger partial charge on any atom is -0.481 e. The fraction of sp³-hybridized carbons (Fsp3) is 0.250. The summed E-state index contributed by atoms with van der Waals surface area (Å²) in [7, 11) is 0. The van der Waals surface area contributed by atoms with Crippen LogP contribution < -0.4 is 0 Å². The molecule has 3 rings (SSSR count). The lowest BCUT2D eigenvalue weighted by molar-refractivity contribution is -0.133. The molecule has 0 spiro atoms. The quantitative estimate of drug-likeness (QED) is 0.663. The van der Waals surface area contributed by atoms with E-state index in [4.69, 9.17) is 5.11 Å². The molecule has 1 aromatic carbocycles. The molecule has 3 aromatic rings. The first kappa shape index (κ1) is 16.3. The zero-order valence-corrected chi connectivity index (χ0v) is 13.9. The van der Waals surface area contributed by atoms with Crippen LogP contribution in [0.4, 0.5) is 0 Å². The molecule has 124 valence electrons. The number of benzene rings is 1. The van der Waals surface area contributed by atoms with E-state index in [1.807, 2.05) is 47.2 Å². The summed E-state index contributed by atoms with van der Waals surface area (Å²) >= 11 is 1.17. The minimum atomic E-state index is -0.879. The van der Waals surface area contributed by atoms with Gasteiger partial charge < -0.3 is 5.11 Å². The molecule has 0 fully saturated rings. The lowest BCUT2D eigenvalue weighted by atomic mass is 10.1. The number of aliphatic carboxylic acids is 1. The van der Waals surface area contributed by atoms with Gasteiger partial charge in [-0.3, -0.25) is 14.0 Å².